The third-order valence-electron chi connectivity index (χ3n) is 4.95. The van der Waals surface area contributed by atoms with Crippen LogP contribution in [0.2, 0.25) is 0 Å². The predicted molar refractivity (Wildman–Crippen MR) is 115 cm³/mol. The molecular weight excluding hydrogens is 428 g/mol. The summed E-state index contributed by atoms with van der Waals surface area (Å²) < 4.78 is 0. The van der Waals surface area contributed by atoms with Crippen molar-refractivity contribution in [2.24, 2.45) is 17.2 Å². The van der Waals surface area contributed by atoms with Crippen molar-refractivity contribution in [1.82, 2.24) is 15.5 Å². The third-order valence-corrected chi connectivity index (χ3v) is 5.35. The molecule has 0 aromatic rings. The maximum Gasteiger partial charge on any atom is 0.326 e. The monoisotopic (exact) mass is 460 g/mol. The second kappa shape index (κ2) is 13.1. The molecule has 1 saturated heterocycles. The Hall–Kier alpha value is -2.38. The van der Waals surface area contributed by atoms with Gasteiger partial charge in [0, 0.05) is 12.3 Å². The van der Waals surface area contributed by atoms with Crippen molar-refractivity contribution in [3.8, 4) is 0 Å². The predicted octanol–water partition coefficient (Wildman–Crippen LogP) is -2.71. The second-order valence-corrected chi connectivity index (χ2v) is 7.76. The van der Waals surface area contributed by atoms with Crippen molar-refractivity contribution in [3.63, 3.8) is 0 Å². The fourth-order valence-electron chi connectivity index (χ4n) is 3.28. The number of hydrogen-bond acceptors (Lipinski definition) is 8. The topological polar surface area (TPSA) is 211 Å². The Balaban J connectivity index is 2.93. The fourth-order valence-corrected chi connectivity index (χ4v) is 3.45. The van der Waals surface area contributed by atoms with Crippen LogP contribution in [0, 0.1) is 0 Å². The maximum absolute atomic E-state index is 13.1. The van der Waals surface area contributed by atoms with Crippen LogP contribution in [0.1, 0.15) is 38.5 Å². The number of unbranched alkanes of at least 4 members (excludes halogenated alkanes) is 1. The Kier molecular flexibility index (Phi) is 11.3. The minimum atomic E-state index is -1.49. The molecule has 4 atom stereocenters. The first kappa shape index (κ1) is 26.7. The lowest BCUT2D eigenvalue weighted by Gasteiger charge is -2.30. The number of likely N-dealkylation sites (tertiary alicyclic amines) is 1. The molecule has 1 aliphatic rings. The standard InChI is InChI=1S/C18H32N6O6S/c19-6-2-1-4-11(22-15(26)10(20)9-31)17(28)24-7-3-5-13(24)16(27)23-12(18(29)30)8-14(21)25/h10-13,31H,1-9,19-20H2,(H2,21,25)(H,22,26)(H,23,27)(H,29,30). The summed E-state index contributed by atoms with van der Waals surface area (Å²) in [6, 6.07) is -4.21. The van der Waals surface area contributed by atoms with Gasteiger partial charge in [0.25, 0.3) is 0 Å². The van der Waals surface area contributed by atoms with Gasteiger partial charge in [0.2, 0.25) is 23.6 Å². The number of carboxylic acids is 1. The van der Waals surface area contributed by atoms with E-state index in [4.69, 9.17) is 17.2 Å². The van der Waals surface area contributed by atoms with Crippen LogP contribution in [0.4, 0.5) is 0 Å². The average Bonchev–Trinajstić information content (AvgIpc) is 3.20. The molecule has 0 aromatic carbocycles. The van der Waals surface area contributed by atoms with Crippen LogP contribution < -0.4 is 27.8 Å². The van der Waals surface area contributed by atoms with Gasteiger partial charge in [-0.1, -0.05) is 0 Å². The van der Waals surface area contributed by atoms with Gasteiger partial charge in [0.05, 0.1) is 12.5 Å². The van der Waals surface area contributed by atoms with Crippen LogP contribution in [-0.2, 0) is 24.0 Å². The molecule has 1 rings (SSSR count). The third kappa shape index (κ3) is 8.34. The fraction of sp³-hybridized carbons (Fsp3) is 0.722. The lowest BCUT2D eigenvalue weighted by molar-refractivity contribution is -0.145. The molecule has 0 radical (unpaired) electrons. The molecule has 0 saturated carbocycles. The van der Waals surface area contributed by atoms with Crippen LogP contribution in [0.5, 0.6) is 0 Å². The summed E-state index contributed by atoms with van der Waals surface area (Å²) in [5, 5.41) is 14.1. The van der Waals surface area contributed by atoms with E-state index in [-0.39, 0.29) is 12.3 Å². The first-order valence-corrected chi connectivity index (χ1v) is 10.7. The van der Waals surface area contributed by atoms with Crippen molar-refractivity contribution in [3.05, 3.63) is 0 Å². The number of primary amides is 1. The molecule has 0 spiro atoms. The minimum absolute atomic E-state index is 0.0979. The maximum atomic E-state index is 13.1. The number of nitrogens with two attached hydrogens (primary N) is 3. The Morgan fingerprint density at radius 2 is 1.81 bits per heavy atom. The summed E-state index contributed by atoms with van der Waals surface area (Å²) in [4.78, 5) is 61.7. The molecule has 1 heterocycles. The van der Waals surface area contributed by atoms with Crippen LogP contribution in [0.25, 0.3) is 0 Å². The molecule has 31 heavy (non-hydrogen) atoms. The molecule has 1 fully saturated rings. The number of nitrogens with zero attached hydrogens (tertiary/aromatic N) is 1. The molecule has 0 aliphatic carbocycles. The lowest BCUT2D eigenvalue weighted by Crippen LogP contribution is -2.57. The average molecular weight is 461 g/mol. The van der Waals surface area contributed by atoms with Crippen LogP contribution in [0.15, 0.2) is 0 Å². The molecule has 9 N–H and O–H groups in total. The first-order valence-electron chi connectivity index (χ1n) is 10.1. The summed E-state index contributed by atoms with van der Waals surface area (Å²) in [5.41, 5.74) is 16.2. The number of rotatable bonds is 13. The molecular formula is C18H32N6O6S. The number of thiol groups is 1. The summed E-state index contributed by atoms with van der Waals surface area (Å²) in [7, 11) is 0. The quantitative estimate of drug-likeness (QED) is 0.113. The second-order valence-electron chi connectivity index (χ2n) is 7.39. The Bertz CT molecular complexity index is 678. The van der Waals surface area contributed by atoms with Crippen molar-refractivity contribution in [2.75, 3.05) is 18.8 Å². The Labute approximate surface area is 186 Å². The highest BCUT2D eigenvalue weighted by Gasteiger charge is 2.39. The molecule has 176 valence electrons. The number of aliphatic carboxylic acids is 1. The largest absolute Gasteiger partial charge is 0.480 e. The molecule has 0 bridgehead atoms. The highest BCUT2D eigenvalue weighted by molar-refractivity contribution is 7.80. The van der Waals surface area contributed by atoms with E-state index in [2.05, 4.69) is 23.3 Å². The zero-order chi connectivity index (χ0) is 23.6. The molecule has 0 aromatic heterocycles. The SMILES string of the molecule is NCCCCC(NC(=O)C(N)CS)C(=O)N1CCCC1C(=O)NC(CC(N)=O)C(=O)O. The van der Waals surface area contributed by atoms with Crippen molar-refractivity contribution in [1.29, 1.82) is 0 Å². The summed E-state index contributed by atoms with van der Waals surface area (Å²) in [6.45, 7) is 0.697. The van der Waals surface area contributed by atoms with E-state index < -0.39 is 60.2 Å². The lowest BCUT2D eigenvalue weighted by atomic mass is 10.1. The van der Waals surface area contributed by atoms with Gasteiger partial charge in [-0.05, 0) is 38.6 Å². The van der Waals surface area contributed by atoms with E-state index in [0.717, 1.165) is 0 Å². The molecule has 4 amide bonds. The number of carbonyl (C=O) groups is 5. The number of hydrogen-bond donors (Lipinski definition) is 7. The number of nitrogens with one attached hydrogen (secondary N) is 2. The van der Waals surface area contributed by atoms with Gasteiger partial charge in [-0.25, -0.2) is 4.79 Å². The van der Waals surface area contributed by atoms with Crippen LogP contribution in [0.3, 0.4) is 0 Å². The highest BCUT2D eigenvalue weighted by Crippen LogP contribution is 2.20. The van der Waals surface area contributed by atoms with E-state index in [9.17, 15) is 29.1 Å². The van der Waals surface area contributed by atoms with Gasteiger partial charge < -0.3 is 37.8 Å². The van der Waals surface area contributed by atoms with E-state index in [1.807, 2.05) is 0 Å². The van der Waals surface area contributed by atoms with E-state index in [1.165, 1.54) is 4.90 Å². The zero-order valence-electron chi connectivity index (χ0n) is 17.3. The highest BCUT2D eigenvalue weighted by atomic mass is 32.1. The summed E-state index contributed by atoms with van der Waals surface area (Å²) in [5.74, 6) is -3.88. The van der Waals surface area contributed by atoms with Gasteiger partial charge in [0.15, 0.2) is 0 Å². The molecule has 1 aliphatic heterocycles. The number of carbonyl (C=O) groups excluding carboxylic acids is 4. The number of amides is 4. The van der Waals surface area contributed by atoms with Crippen molar-refractivity contribution >= 4 is 42.2 Å². The van der Waals surface area contributed by atoms with Crippen LogP contribution in [-0.4, -0.2) is 82.6 Å². The van der Waals surface area contributed by atoms with Gasteiger partial charge >= 0.3 is 5.97 Å². The van der Waals surface area contributed by atoms with Crippen molar-refractivity contribution < 1.29 is 29.1 Å². The van der Waals surface area contributed by atoms with Crippen molar-refractivity contribution in [2.45, 2.75) is 62.7 Å². The normalized spacial score (nSPS) is 18.7. The minimum Gasteiger partial charge on any atom is -0.480 e. The number of carboxylic acid groups (broad SMARTS) is 1. The molecule has 12 nitrogen and oxygen atoms in total. The van der Waals surface area contributed by atoms with E-state index in [0.29, 0.717) is 38.6 Å². The Morgan fingerprint density at radius 3 is 2.35 bits per heavy atom. The summed E-state index contributed by atoms with van der Waals surface area (Å²) >= 11 is 3.98. The molecule has 4 unspecified atom stereocenters. The van der Waals surface area contributed by atoms with E-state index >= 15 is 0 Å². The zero-order valence-corrected chi connectivity index (χ0v) is 18.2. The first-order chi connectivity index (χ1) is 14.6. The van der Waals surface area contributed by atoms with Gasteiger partial charge in [-0.3, -0.25) is 19.2 Å². The smallest absolute Gasteiger partial charge is 0.326 e. The van der Waals surface area contributed by atoms with Gasteiger partial charge in [-0.2, -0.15) is 12.6 Å². The van der Waals surface area contributed by atoms with Crippen LogP contribution >= 0.6 is 12.6 Å². The molecule has 13 heteroatoms. The van der Waals surface area contributed by atoms with Gasteiger partial charge in [0.1, 0.15) is 18.1 Å². The van der Waals surface area contributed by atoms with E-state index in [1.54, 1.807) is 0 Å². The summed E-state index contributed by atoms with van der Waals surface area (Å²) in [6.07, 6.45) is 1.81. The van der Waals surface area contributed by atoms with Gasteiger partial charge in [-0.15, -0.1) is 0 Å². The Morgan fingerprint density at radius 1 is 1.13 bits per heavy atom.